The Balaban J connectivity index is 2.21. The van der Waals surface area contributed by atoms with Gasteiger partial charge in [-0.3, -0.25) is 0 Å². The van der Waals surface area contributed by atoms with Gasteiger partial charge in [0.05, 0.1) is 11.8 Å². The molecular formula is C16H17ClFNO. The molecule has 0 aromatic heterocycles. The summed E-state index contributed by atoms with van der Waals surface area (Å²) in [5.74, 6) is -0.349. The predicted octanol–water partition coefficient (Wildman–Crippen LogP) is 4.17. The third kappa shape index (κ3) is 3.30. The van der Waals surface area contributed by atoms with Crippen LogP contribution in [0.4, 0.5) is 10.1 Å². The molecule has 0 aliphatic rings. The van der Waals surface area contributed by atoms with Crippen molar-refractivity contribution in [2.45, 2.75) is 19.6 Å². The van der Waals surface area contributed by atoms with E-state index in [1.807, 2.05) is 31.3 Å². The smallest absolute Gasteiger partial charge is 0.146 e. The highest BCUT2D eigenvalue weighted by atomic mass is 35.5. The maximum Gasteiger partial charge on any atom is 0.146 e. The van der Waals surface area contributed by atoms with E-state index in [4.69, 9.17) is 11.6 Å². The van der Waals surface area contributed by atoms with Gasteiger partial charge < -0.3 is 10.0 Å². The number of hydrogen-bond acceptors (Lipinski definition) is 2. The van der Waals surface area contributed by atoms with Crippen LogP contribution in [-0.4, -0.2) is 12.2 Å². The summed E-state index contributed by atoms with van der Waals surface area (Å²) >= 11 is 6.11. The number of halogens is 2. The molecule has 2 nitrogen and oxygen atoms in total. The van der Waals surface area contributed by atoms with Gasteiger partial charge in [-0.05, 0) is 36.2 Å². The Morgan fingerprint density at radius 2 is 1.95 bits per heavy atom. The quantitative estimate of drug-likeness (QED) is 0.914. The minimum Gasteiger partial charge on any atom is -0.389 e. The Bertz CT molecular complexity index is 601. The first-order valence-corrected chi connectivity index (χ1v) is 6.79. The molecule has 0 heterocycles. The van der Waals surface area contributed by atoms with Crippen molar-refractivity contribution < 1.29 is 9.50 Å². The molecule has 2 aromatic carbocycles. The van der Waals surface area contributed by atoms with Gasteiger partial charge >= 0.3 is 0 Å². The zero-order valence-corrected chi connectivity index (χ0v) is 12.2. The zero-order valence-electron chi connectivity index (χ0n) is 11.5. The number of anilines is 1. The van der Waals surface area contributed by atoms with E-state index < -0.39 is 6.10 Å². The molecule has 1 unspecified atom stereocenters. The molecule has 0 aliphatic heterocycles. The van der Waals surface area contributed by atoms with Gasteiger partial charge in [0, 0.05) is 18.6 Å². The highest BCUT2D eigenvalue weighted by molar-refractivity contribution is 6.31. The molecule has 0 fully saturated rings. The first-order chi connectivity index (χ1) is 9.49. The fourth-order valence-electron chi connectivity index (χ4n) is 2.06. The maximum atomic E-state index is 14.1. The number of nitrogens with zero attached hydrogens (tertiary/aromatic N) is 1. The average molecular weight is 294 g/mol. The normalized spacial score (nSPS) is 12.2. The van der Waals surface area contributed by atoms with Gasteiger partial charge in [0.1, 0.15) is 5.82 Å². The average Bonchev–Trinajstić information content (AvgIpc) is 2.41. The van der Waals surface area contributed by atoms with E-state index in [-0.39, 0.29) is 5.82 Å². The van der Waals surface area contributed by atoms with E-state index >= 15 is 0 Å². The standard InChI is InChI=1S/C16H17ClFNO/c1-11(20)12-7-8-16(15(18)9-12)19(2)10-13-5-3-4-6-14(13)17/h3-9,11,20H,10H2,1-2H3. The molecule has 0 radical (unpaired) electrons. The molecule has 0 amide bonds. The van der Waals surface area contributed by atoms with E-state index in [0.29, 0.717) is 22.8 Å². The summed E-state index contributed by atoms with van der Waals surface area (Å²) in [4.78, 5) is 1.79. The minimum absolute atomic E-state index is 0.349. The number of aliphatic hydroxyl groups is 1. The monoisotopic (exact) mass is 293 g/mol. The molecule has 4 heteroatoms. The third-order valence-electron chi connectivity index (χ3n) is 3.23. The lowest BCUT2D eigenvalue weighted by atomic mass is 10.1. The Morgan fingerprint density at radius 3 is 2.55 bits per heavy atom. The molecule has 1 N–H and O–H groups in total. The minimum atomic E-state index is -0.674. The van der Waals surface area contributed by atoms with E-state index in [9.17, 15) is 9.50 Å². The van der Waals surface area contributed by atoms with Crippen molar-refractivity contribution in [2.75, 3.05) is 11.9 Å². The van der Waals surface area contributed by atoms with Crippen molar-refractivity contribution in [3.8, 4) is 0 Å². The van der Waals surface area contributed by atoms with Gasteiger partial charge in [0.25, 0.3) is 0 Å². The lowest BCUT2D eigenvalue weighted by Crippen LogP contribution is -2.18. The fraction of sp³-hybridized carbons (Fsp3) is 0.250. The van der Waals surface area contributed by atoms with Crippen LogP contribution in [0.5, 0.6) is 0 Å². The number of aliphatic hydroxyl groups excluding tert-OH is 1. The van der Waals surface area contributed by atoms with Crippen molar-refractivity contribution in [3.05, 3.63) is 64.4 Å². The van der Waals surface area contributed by atoms with Gasteiger partial charge in [0.2, 0.25) is 0 Å². The zero-order chi connectivity index (χ0) is 14.7. The summed E-state index contributed by atoms with van der Waals surface area (Å²) in [6, 6.07) is 12.3. The van der Waals surface area contributed by atoms with Crippen molar-refractivity contribution in [1.82, 2.24) is 0 Å². The van der Waals surface area contributed by atoms with Gasteiger partial charge in [-0.25, -0.2) is 4.39 Å². The lowest BCUT2D eigenvalue weighted by molar-refractivity contribution is 0.199. The second-order valence-electron chi connectivity index (χ2n) is 4.83. The van der Waals surface area contributed by atoms with Crippen molar-refractivity contribution in [1.29, 1.82) is 0 Å². The van der Waals surface area contributed by atoms with Crippen LogP contribution >= 0.6 is 11.6 Å². The molecule has 0 bridgehead atoms. The Kier molecular flexibility index (Phi) is 4.63. The second kappa shape index (κ2) is 6.25. The summed E-state index contributed by atoms with van der Waals surface area (Å²) in [6.07, 6.45) is -0.674. The molecule has 0 aliphatic carbocycles. The van der Waals surface area contributed by atoms with E-state index in [2.05, 4.69) is 0 Å². The molecule has 106 valence electrons. The first kappa shape index (κ1) is 14.8. The highest BCUT2D eigenvalue weighted by Gasteiger charge is 2.12. The van der Waals surface area contributed by atoms with Crippen LogP contribution in [0.15, 0.2) is 42.5 Å². The molecule has 0 saturated heterocycles. The maximum absolute atomic E-state index is 14.1. The van der Waals surface area contributed by atoms with Crippen molar-refractivity contribution >= 4 is 17.3 Å². The molecule has 20 heavy (non-hydrogen) atoms. The summed E-state index contributed by atoms with van der Waals surface area (Å²) in [7, 11) is 1.81. The van der Waals surface area contributed by atoms with E-state index in [0.717, 1.165) is 5.56 Å². The van der Waals surface area contributed by atoms with Crippen LogP contribution in [0.3, 0.4) is 0 Å². The van der Waals surface area contributed by atoms with Crippen LogP contribution in [0.2, 0.25) is 5.02 Å². The van der Waals surface area contributed by atoms with Gasteiger partial charge in [-0.2, -0.15) is 0 Å². The highest BCUT2D eigenvalue weighted by Crippen LogP contribution is 2.25. The second-order valence-corrected chi connectivity index (χ2v) is 5.24. The predicted molar refractivity (Wildman–Crippen MR) is 80.6 cm³/mol. The van der Waals surface area contributed by atoms with Crippen LogP contribution in [-0.2, 0) is 6.54 Å². The number of hydrogen-bond donors (Lipinski definition) is 1. The third-order valence-corrected chi connectivity index (χ3v) is 3.60. The number of rotatable bonds is 4. The molecule has 1 atom stereocenters. The summed E-state index contributed by atoms with van der Waals surface area (Å²) in [6.45, 7) is 2.13. The summed E-state index contributed by atoms with van der Waals surface area (Å²) < 4.78 is 14.1. The molecular weight excluding hydrogens is 277 g/mol. The molecule has 0 saturated carbocycles. The van der Waals surface area contributed by atoms with Crippen LogP contribution < -0.4 is 4.90 Å². The topological polar surface area (TPSA) is 23.5 Å². The van der Waals surface area contributed by atoms with Gasteiger partial charge in [-0.15, -0.1) is 0 Å². The Hall–Kier alpha value is -1.58. The SMILES string of the molecule is CC(O)c1ccc(N(C)Cc2ccccc2Cl)c(F)c1. The molecule has 2 aromatic rings. The van der Waals surface area contributed by atoms with E-state index in [1.54, 1.807) is 24.0 Å². The van der Waals surface area contributed by atoms with Crippen LogP contribution in [0.1, 0.15) is 24.2 Å². The molecule has 0 spiro atoms. The van der Waals surface area contributed by atoms with Crippen LogP contribution in [0.25, 0.3) is 0 Å². The Labute approximate surface area is 123 Å². The first-order valence-electron chi connectivity index (χ1n) is 6.41. The summed E-state index contributed by atoms with van der Waals surface area (Å²) in [5.41, 5.74) is 1.99. The van der Waals surface area contributed by atoms with Gasteiger partial charge in [-0.1, -0.05) is 35.9 Å². The fourth-order valence-corrected chi connectivity index (χ4v) is 2.26. The number of benzene rings is 2. The molecule has 2 rings (SSSR count). The summed E-state index contributed by atoms with van der Waals surface area (Å²) in [5, 5.41) is 10.1. The lowest BCUT2D eigenvalue weighted by Gasteiger charge is -2.21. The van der Waals surface area contributed by atoms with Crippen molar-refractivity contribution in [2.24, 2.45) is 0 Å². The largest absolute Gasteiger partial charge is 0.389 e. The van der Waals surface area contributed by atoms with Crippen LogP contribution in [0, 0.1) is 5.82 Å². The van der Waals surface area contributed by atoms with Crippen molar-refractivity contribution in [3.63, 3.8) is 0 Å². The Morgan fingerprint density at radius 1 is 1.25 bits per heavy atom. The van der Waals surface area contributed by atoms with E-state index in [1.165, 1.54) is 6.07 Å². The van der Waals surface area contributed by atoms with Gasteiger partial charge in [0.15, 0.2) is 0 Å².